The average molecular weight is 289 g/mol. The van der Waals surface area contributed by atoms with Crippen LogP contribution in [0, 0.1) is 6.92 Å². The van der Waals surface area contributed by atoms with Crippen molar-refractivity contribution in [1.29, 1.82) is 0 Å². The van der Waals surface area contributed by atoms with Crippen LogP contribution in [0.2, 0.25) is 0 Å². The molecule has 0 amide bonds. The lowest BCUT2D eigenvalue weighted by Gasteiger charge is -2.16. The van der Waals surface area contributed by atoms with E-state index in [1.165, 1.54) is 5.56 Å². The number of anilines is 1. The van der Waals surface area contributed by atoms with E-state index in [4.69, 9.17) is 0 Å². The predicted octanol–water partition coefficient (Wildman–Crippen LogP) is 3.71. The minimum Gasteiger partial charge on any atom is -0.367 e. The van der Waals surface area contributed by atoms with Gasteiger partial charge in [-0.05, 0) is 47.2 Å². The standard InChI is InChI=1S/C11H17BrN2S/c1-4-9(7-15-3)14-11-5-8(2)10(12)6-13-11/h5-6,9H,4,7H2,1-3H3,(H,13,14). The molecule has 1 heterocycles. The van der Waals surface area contributed by atoms with Crippen LogP contribution in [0.1, 0.15) is 18.9 Å². The first kappa shape index (κ1) is 12.8. The number of pyridine rings is 1. The molecule has 1 rings (SSSR count). The Kier molecular flexibility index (Phi) is 5.47. The lowest BCUT2D eigenvalue weighted by Crippen LogP contribution is -2.21. The van der Waals surface area contributed by atoms with Crippen molar-refractivity contribution in [3.05, 3.63) is 22.3 Å². The quantitative estimate of drug-likeness (QED) is 0.894. The van der Waals surface area contributed by atoms with Gasteiger partial charge in [-0.25, -0.2) is 4.98 Å². The van der Waals surface area contributed by atoms with Gasteiger partial charge < -0.3 is 5.32 Å². The Balaban J connectivity index is 2.66. The molecule has 0 saturated carbocycles. The highest BCUT2D eigenvalue weighted by Gasteiger charge is 2.06. The van der Waals surface area contributed by atoms with Crippen molar-refractivity contribution in [2.75, 3.05) is 17.3 Å². The normalized spacial score (nSPS) is 12.5. The summed E-state index contributed by atoms with van der Waals surface area (Å²) < 4.78 is 1.06. The number of thioether (sulfide) groups is 1. The Morgan fingerprint density at radius 2 is 2.33 bits per heavy atom. The molecule has 0 aliphatic heterocycles. The van der Waals surface area contributed by atoms with Crippen LogP contribution in [-0.4, -0.2) is 23.0 Å². The van der Waals surface area contributed by atoms with Crippen molar-refractivity contribution in [1.82, 2.24) is 4.98 Å². The monoisotopic (exact) mass is 288 g/mol. The van der Waals surface area contributed by atoms with E-state index in [-0.39, 0.29) is 0 Å². The van der Waals surface area contributed by atoms with Gasteiger partial charge in [0.15, 0.2) is 0 Å². The predicted molar refractivity (Wildman–Crippen MR) is 72.8 cm³/mol. The number of hydrogen-bond donors (Lipinski definition) is 1. The Hall–Kier alpha value is -0.220. The zero-order valence-corrected chi connectivity index (χ0v) is 11.8. The second-order valence-corrected chi connectivity index (χ2v) is 5.29. The second-order valence-electron chi connectivity index (χ2n) is 3.52. The molecule has 1 unspecified atom stereocenters. The average Bonchev–Trinajstić information content (AvgIpc) is 2.23. The van der Waals surface area contributed by atoms with E-state index in [0.717, 1.165) is 22.5 Å². The molecule has 0 spiro atoms. The van der Waals surface area contributed by atoms with Crippen molar-refractivity contribution in [3.63, 3.8) is 0 Å². The highest BCUT2D eigenvalue weighted by Crippen LogP contribution is 2.18. The first-order valence-corrected chi connectivity index (χ1v) is 7.23. The molecule has 0 radical (unpaired) electrons. The maximum Gasteiger partial charge on any atom is 0.126 e. The fraction of sp³-hybridized carbons (Fsp3) is 0.545. The van der Waals surface area contributed by atoms with Crippen LogP contribution in [-0.2, 0) is 0 Å². The Morgan fingerprint density at radius 3 is 2.87 bits per heavy atom. The largest absolute Gasteiger partial charge is 0.367 e. The first-order valence-electron chi connectivity index (χ1n) is 5.05. The molecule has 4 heteroatoms. The van der Waals surface area contributed by atoms with Gasteiger partial charge >= 0.3 is 0 Å². The molecule has 2 nitrogen and oxygen atoms in total. The summed E-state index contributed by atoms with van der Waals surface area (Å²) in [5.41, 5.74) is 1.21. The van der Waals surface area contributed by atoms with Gasteiger partial charge in [-0.2, -0.15) is 11.8 Å². The lowest BCUT2D eigenvalue weighted by atomic mass is 10.2. The van der Waals surface area contributed by atoms with Crippen LogP contribution in [0.3, 0.4) is 0 Å². The highest BCUT2D eigenvalue weighted by atomic mass is 79.9. The summed E-state index contributed by atoms with van der Waals surface area (Å²) in [7, 11) is 0. The Morgan fingerprint density at radius 1 is 1.60 bits per heavy atom. The van der Waals surface area contributed by atoms with Crippen LogP contribution in [0.4, 0.5) is 5.82 Å². The zero-order chi connectivity index (χ0) is 11.3. The van der Waals surface area contributed by atoms with E-state index in [1.54, 1.807) is 0 Å². The van der Waals surface area contributed by atoms with Crippen LogP contribution in [0.25, 0.3) is 0 Å². The molecule has 15 heavy (non-hydrogen) atoms. The molecule has 1 atom stereocenters. The number of aromatic nitrogens is 1. The number of nitrogens with one attached hydrogen (secondary N) is 1. The van der Waals surface area contributed by atoms with E-state index >= 15 is 0 Å². The van der Waals surface area contributed by atoms with Gasteiger partial charge in [-0.15, -0.1) is 0 Å². The molecule has 1 aromatic rings. The molecule has 0 fully saturated rings. The van der Waals surface area contributed by atoms with Crippen molar-refractivity contribution in [3.8, 4) is 0 Å². The van der Waals surface area contributed by atoms with Gasteiger partial charge in [-0.3, -0.25) is 0 Å². The van der Waals surface area contributed by atoms with Gasteiger partial charge in [0.2, 0.25) is 0 Å². The van der Waals surface area contributed by atoms with Gasteiger partial charge in [0.1, 0.15) is 5.82 Å². The number of aryl methyl sites for hydroxylation is 1. The number of hydrogen-bond acceptors (Lipinski definition) is 3. The topological polar surface area (TPSA) is 24.9 Å². The summed E-state index contributed by atoms with van der Waals surface area (Å²) >= 11 is 5.31. The fourth-order valence-electron chi connectivity index (χ4n) is 1.29. The van der Waals surface area contributed by atoms with Crippen LogP contribution in [0.15, 0.2) is 16.7 Å². The van der Waals surface area contributed by atoms with E-state index in [0.29, 0.717) is 6.04 Å². The SMILES string of the molecule is CCC(CSC)Nc1cc(C)c(Br)cn1. The summed E-state index contributed by atoms with van der Waals surface area (Å²) in [5, 5.41) is 3.44. The molecule has 84 valence electrons. The first-order chi connectivity index (χ1) is 7.17. The van der Waals surface area contributed by atoms with E-state index in [2.05, 4.69) is 52.4 Å². The van der Waals surface area contributed by atoms with Gasteiger partial charge in [0, 0.05) is 22.5 Å². The summed E-state index contributed by atoms with van der Waals surface area (Å²) in [5.74, 6) is 2.09. The van der Waals surface area contributed by atoms with Gasteiger partial charge in [0.05, 0.1) is 0 Å². The molecular formula is C11H17BrN2S. The van der Waals surface area contributed by atoms with Crippen molar-refractivity contribution in [2.45, 2.75) is 26.3 Å². The minimum atomic E-state index is 0.507. The Labute approximate surface area is 104 Å². The summed E-state index contributed by atoms with van der Waals surface area (Å²) in [4.78, 5) is 4.34. The zero-order valence-electron chi connectivity index (χ0n) is 9.38. The summed E-state index contributed by atoms with van der Waals surface area (Å²) in [6.07, 6.45) is 5.10. The Bertz CT molecular complexity index is 317. The number of rotatable bonds is 5. The lowest BCUT2D eigenvalue weighted by molar-refractivity contribution is 0.769. The molecular weight excluding hydrogens is 272 g/mol. The molecule has 0 saturated heterocycles. The summed E-state index contributed by atoms with van der Waals surface area (Å²) in [6.45, 7) is 4.27. The van der Waals surface area contributed by atoms with Crippen molar-refractivity contribution < 1.29 is 0 Å². The van der Waals surface area contributed by atoms with E-state index in [9.17, 15) is 0 Å². The molecule has 1 N–H and O–H groups in total. The van der Waals surface area contributed by atoms with Gasteiger partial charge in [-0.1, -0.05) is 6.92 Å². The van der Waals surface area contributed by atoms with Crippen LogP contribution in [0.5, 0.6) is 0 Å². The van der Waals surface area contributed by atoms with E-state index < -0.39 is 0 Å². The maximum absolute atomic E-state index is 4.34. The third kappa shape index (κ3) is 4.03. The molecule has 0 aliphatic rings. The van der Waals surface area contributed by atoms with E-state index in [1.807, 2.05) is 18.0 Å². The fourth-order valence-corrected chi connectivity index (χ4v) is 2.23. The second kappa shape index (κ2) is 6.38. The number of nitrogens with zero attached hydrogens (tertiary/aromatic N) is 1. The van der Waals surface area contributed by atoms with Crippen molar-refractivity contribution >= 4 is 33.5 Å². The third-order valence-corrected chi connectivity index (χ3v) is 3.83. The van der Waals surface area contributed by atoms with Crippen LogP contribution >= 0.6 is 27.7 Å². The van der Waals surface area contributed by atoms with Crippen LogP contribution < -0.4 is 5.32 Å². The molecule has 0 bridgehead atoms. The van der Waals surface area contributed by atoms with Crippen molar-refractivity contribution in [2.24, 2.45) is 0 Å². The summed E-state index contributed by atoms with van der Waals surface area (Å²) in [6, 6.07) is 2.58. The third-order valence-electron chi connectivity index (χ3n) is 2.26. The minimum absolute atomic E-state index is 0.507. The molecule has 1 aromatic heterocycles. The number of halogens is 1. The molecule has 0 aliphatic carbocycles. The smallest absolute Gasteiger partial charge is 0.126 e. The highest BCUT2D eigenvalue weighted by molar-refractivity contribution is 9.10. The molecule has 0 aromatic carbocycles. The van der Waals surface area contributed by atoms with Gasteiger partial charge in [0.25, 0.3) is 0 Å². The maximum atomic E-state index is 4.34.